The van der Waals surface area contributed by atoms with E-state index >= 15 is 0 Å². The van der Waals surface area contributed by atoms with Crippen LogP contribution in [0.5, 0.6) is 5.75 Å². The largest absolute Gasteiger partial charge is 0.508 e. The molecule has 11 nitrogen and oxygen atoms in total. The molecule has 2 unspecified atom stereocenters. The van der Waals surface area contributed by atoms with E-state index < -0.39 is 48.2 Å². The fraction of sp³-hybridized carbons (Fsp3) is 0.545. The van der Waals surface area contributed by atoms with Crippen molar-refractivity contribution in [3.8, 4) is 5.75 Å². The molecule has 1 rings (SSSR count). The third-order valence-corrected chi connectivity index (χ3v) is 4.30. The lowest BCUT2D eigenvalue weighted by molar-refractivity contribution is -0.144. The lowest BCUT2D eigenvalue weighted by Crippen LogP contribution is -2.53. The zero-order valence-corrected chi connectivity index (χ0v) is 19.6. The van der Waals surface area contributed by atoms with E-state index in [0.29, 0.717) is 5.56 Å². The number of hydrogen-bond acceptors (Lipinski definition) is 8. The molecule has 2 atom stereocenters. The normalized spacial score (nSPS) is 12.8. The molecule has 1 aromatic carbocycles. The van der Waals surface area contributed by atoms with E-state index in [1.54, 1.807) is 27.7 Å². The van der Waals surface area contributed by atoms with E-state index in [1.165, 1.54) is 31.3 Å². The number of aromatic hydroxyl groups is 1. The molecule has 0 fully saturated rings. The Morgan fingerprint density at radius 1 is 1.12 bits per heavy atom. The van der Waals surface area contributed by atoms with Gasteiger partial charge in [0.25, 0.3) is 0 Å². The number of aliphatic hydroxyl groups excluding tert-OH is 1. The molecule has 4 N–H and O–H groups in total. The van der Waals surface area contributed by atoms with Crippen LogP contribution in [-0.4, -0.2) is 77.4 Å². The number of phenols is 1. The van der Waals surface area contributed by atoms with Crippen molar-refractivity contribution >= 4 is 23.9 Å². The highest BCUT2D eigenvalue weighted by Gasteiger charge is 2.33. The third kappa shape index (κ3) is 9.36. The Morgan fingerprint density at radius 3 is 2.24 bits per heavy atom. The van der Waals surface area contributed by atoms with Crippen molar-refractivity contribution in [3.05, 3.63) is 29.8 Å². The van der Waals surface area contributed by atoms with Crippen molar-refractivity contribution in [2.24, 2.45) is 0 Å². The summed E-state index contributed by atoms with van der Waals surface area (Å²) < 4.78 is 9.94. The summed E-state index contributed by atoms with van der Waals surface area (Å²) >= 11 is 0. The van der Waals surface area contributed by atoms with Gasteiger partial charge >= 0.3 is 12.1 Å². The minimum absolute atomic E-state index is 0.0200. The Morgan fingerprint density at radius 2 is 1.73 bits per heavy atom. The van der Waals surface area contributed by atoms with E-state index in [-0.39, 0.29) is 25.3 Å². The van der Waals surface area contributed by atoms with Gasteiger partial charge in [0, 0.05) is 13.6 Å². The Bertz CT molecular complexity index is 820. The summed E-state index contributed by atoms with van der Waals surface area (Å²) in [6.45, 7) is 6.08. The number of rotatable bonds is 10. The predicted octanol–water partition coefficient (Wildman–Crippen LogP) is 0.847. The SMILES string of the molecule is CCOC(=O)CCNC(=O)C(c1ccc(O)cc1)N(C)C(=O)C(CO)NC(=O)OC(C)(C)C. The topological polar surface area (TPSA) is 154 Å². The summed E-state index contributed by atoms with van der Waals surface area (Å²) in [5.74, 6) is -1.86. The van der Waals surface area contributed by atoms with E-state index in [2.05, 4.69) is 10.6 Å². The number of benzene rings is 1. The van der Waals surface area contributed by atoms with Crippen molar-refractivity contribution in [1.82, 2.24) is 15.5 Å². The Kier molecular flexibility index (Phi) is 10.6. The van der Waals surface area contributed by atoms with Crippen molar-refractivity contribution < 1.29 is 38.9 Å². The van der Waals surface area contributed by atoms with Gasteiger partial charge in [-0.2, -0.15) is 0 Å². The number of nitrogens with one attached hydrogen (secondary N) is 2. The lowest BCUT2D eigenvalue weighted by atomic mass is 10.0. The molecular weight excluding hydrogens is 434 g/mol. The molecule has 3 amide bonds. The zero-order valence-electron chi connectivity index (χ0n) is 19.6. The first-order chi connectivity index (χ1) is 15.4. The van der Waals surface area contributed by atoms with Gasteiger partial charge < -0.3 is 35.2 Å². The third-order valence-electron chi connectivity index (χ3n) is 4.30. The van der Waals surface area contributed by atoms with Gasteiger partial charge in [0.1, 0.15) is 23.4 Å². The summed E-state index contributed by atoms with van der Waals surface area (Å²) in [6, 6.07) is 3.10. The second-order valence-electron chi connectivity index (χ2n) is 8.17. The molecule has 0 bridgehead atoms. The summed E-state index contributed by atoms with van der Waals surface area (Å²) in [7, 11) is 1.34. The summed E-state index contributed by atoms with van der Waals surface area (Å²) in [6.07, 6.45) is -0.956. The number of nitrogens with zero attached hydrogens (tertiary/aromatic N) is 1. The molecule has 11 heteroatoms. The molecule has 0 aliphatic heterocycles. The summed E-state index contributed by atoms with van der Waals surface area (Å²) in [4.78, 5) is 50.6. The average molecular weight is 468 g/mol. The lowest BCUT2D eigenvalue weighted by Gasteiger charge is -2.31. The van der Waals surface area contributed by atoms with Crippen LogP contribution in [0.3, 0.4) is 0 Å². The molecule has 184 valence electrons. The van der Waals surface area contributed by atoms with Gasteiger partial charge in [-0.05, 0) is 45.4 Å². The fourth-order valence-electron chi connectivity index (χ4n) is 2.83. The molecule has 0 aliphatic carbocycles. The summed E-state index contributed by atoms with van der Waals surface area (Å²) in [5.41, 5.74) is -0.446. The molecule has 0 aliphatic rings. The second-order valence-corrected chi connectivity index (χ2v) is 8.17. The monoisotopic (exact) mass is 467 g/mol. The van der Waals surface area contributed by atoms with Crippen LogP contribution in [0, 0.1) is 0 Å². The van der Waals surface area contributed by atoms with Crippen LogP contribution in [-0.2, 0) is 23.9 Å². The van der Waals surface area contributed by atoms with Crippen molar-refractivity contribution in [2.75, 3.05) is 26.8 Å². The summed E-state index contributed by atoms with van der Waals surface area (Å²) in [5, 5.41) is 24.1. The van der Waals surface area contributed by atoms with Gasteiger partial charge in [-0.1, -0.05) is 12.1 Å². The highest BCUT2D eigenvalue weighted by molar-refractivity contribution is 5.92. The van der Waals surface area contributed by atoms with Crippen LogP contribution in [0.25, 0.3) is 0 Å². The van der Waals surface area contributed by atoms with Crippen LogP contribution in [0.4, 0.5) is 4.79 Å². The van der Waals surface area contributed by atoms with E-state index in [4.69, 9.17) is 9.47 Å². The molecule has 0 saturated carbocycles. The molecule has 0 spiro atoms. The van der Waals surface area contributed by atoms with Crippen LogP contribution >= 0.6 is 0 Å². The van der Waals surface area contributed by atoms with Crippen LogP contribution in [0.2, 0.25) is 0 Å². The number of hydrogen-bond donors (Lipinski definition) is 4. The first kappa shape index (κ1) is 27.7. The van der Waals surface area contributed by atoms with Gasteiger partial charge in [0.05, 0.1) is 19.6 Å². The number of likely N-dealkylation sites (N-methyl/N-ethyl adjacent to an activating group) is 1. The van der Waals surface area contributed by atoms with Gasteiger partial charge in [0.2, 0.25) is 11.8 Å². The van der Waals surface area contributed by atoms with Crippen molar-refractivity contribution in [1.29, 1.82) is 0 Å². The van der Waals surface area contributed by atoms with Gasteiger partial charge in [-0.25, -0.2) is 4.79 Å². The average Bonchev–Trinajstić information content (AvgIpc) is 2.72. The maximum atomic E-state index is 13.0. The molecule has 0 radical (unpaired) electrons. The Hall–Kier alpha value is -3.34. The van der Waals surface area contributed by atoms with E-state index in [0.717, 1.165) is 4.90 Å². The first-order valence-electron chi connectivity index (χ1n) is 10.5. The minimum atomic E-state index is -1.36. The van der Waals surface area contributed by atoms with Crippen LogP contribution < -0.4 is 10.6 Å². The molecule has 0 heterocycles. The fourth-order valence-corrected chi connectivity index (χ4v) is 2.83. The molecule has 0 aromatic heterocycles. The zero-order chi connectivity index (χ0) is 25.2. The number of alkyl carbamates (subject to hydrolysis) is 1. The van der Waals surface area contributed by atoms with E-state index in [1.807, 2.05) is 0 Å². The standard InChI is InChI=1S/C22H33N3O8/c1-6-32-17(28)11-12-23-19(29)18(14-7-9-15(27)10-8-14)25(5)20(30)16(13-26)24-21(31)33-22(2,3)4/h7-10,16,18,26-27H,6,11-13H2,1-5H3,(H,23,29)(H,24,31). The smallest absolute Gasteiger partial charge is 0.408 e. The number of carbonyl (C=O) groups excluding carboxylic acids is 4. The number of ether oxygens (including phenoxy) is 2. The van der Waals surface area contributed by atoms with Gasteiger partial charge in [0.15, 0.2) is 0 Å². The number of carbonyl (C=O) groups is 4. The van der Waals surface area contributed by atoms with E-state index in [9.17, 15) is 29.4 Å². The molecule has 1 aromatic rings. The highest BCUT2D eigenvalue weighted by Crippen LogP contribution is 2.23. The minimum Gasteiger partial charge on any atom is -0.508 e. The second kappa shape index (κ2) is 12.6. The van der Waals surface area contributed by atoms with Gasteiger partial charge in [-0.15, -0.1) is 0 Å². The number of amides is 3. The van der Waals surface area contributed by atoms with Crippen molar-refractivity contribution in [2.45, 2.75) is 51.8 Å². The number of aliphatic hydroxyl groups is 1. The molecular formula is C22H33N3O8. The Balaban J connectivity index is 3.04. The van der Waals surface area contributed by atoms with Crippen LogP contribution in [0.15, 0.2) is 24.3 Å². The highest BCUT2D eigenvalue weighted by atomic mass is 16.6. The maximum absolute atomic E-state index is 13.0. The predicted molar refractivity (Wildman–Crippen MR) is 118 cm³/mol. The Labute approximate surface area is 193 Å². The van der Waals surface area contributed by atoms with Gasteiger partial charge in [-0.3, -0.25) is 14.4 Å². The maximum Gasteiger partial charge on any atom is 0.408 e. The van der Waals surface area contributed by atoms with Crippen LogP contribution in [0.1, 0.15) is 45.7 Å². The van der Waals surface area contributed by atoms with Crippen molar-refractivity contribution in [3.63, 3.8) is 0 Å². The number of esters is 1. The quantitative estimate of drug-likeness (QED) is 0.369. The molecule has 33 heavy (non-hydrogen) atoms. The molecule has 0 saturated heterocycles. The first-order valence-corrected chi connectivity index (χ1v) is 10.5. The number of phenolic OH excluding ortho intramolecular Hbond substituents is 1.